The van der Waals surface area contributed by atoms with E-state index in [-0.39, 0.29) is 11.8 Å². The van der Waals surface area contributed by atoms with Crippen molar-refractivity contribution in [2.24, 2.45) is 7.05 Å². The number of nitrogens with zero attached hydrogens (tertiary/aromatic N) is 4. The van der Waals surface area contributed by atoms with Gasteiger partial charge < -0.3 is 10.2 Å². The SMILES string of the molecule is Cn1cc2c(n1)C(C(=O)Nc1nccs1)CN(C(=O)C1(c3ccccc3)CCCC1)C2. The van der Waals surface area contributed by atoms with Gasteiger partial charge in [-0.05, 0) is 18.4 Å². The minimum atomic E-state index is -0.521. The fourth-order valence-electron chi connectivity index (χ4n) is 5.05. The number of carbonyl (C=O) groups is 2. The monoisotopic (exact) mass is 435 g/mol. The Morgan fingerprint density at radius 2 is 1.97 bits per heavy atom. The van der Waals surface area contributed by atoms with E-state index >= 15 is 0 Å². The number of rotatable bonds is 4. The molecule has 1 atom stereocenters. The first kappa shape index (κ1) is 19.9. The molecule has 2 amide bonds. The predicted molar refractivity (Wildman–Crippen MR) is 119 cm³/mol. The normalized spacial score (nSPS) is 19.8. The van der Waals surface area contributed by atoms with Crippen molar-refractivity contribution in [3.63, 3.8) is 0 Å². The predicted octanol–water partition coefficient (Wildman–Crippen LogP) is 3.45. The maximum Gasteiger partial charge on any atom is 0.237 e. The van der Waals surface area contributed by atoms with E-state index in [9.17, 15) is 9.59 Å². The van der Waals surface area contributed by atoms with Gasteiger partial charge in [-0.1, -0.05) is 43.2 Å². The topological polar surface area (TPSA) is 80.1 Å². The molecule has 0 bridgehead atoms. The number of thiazole rings is 1. The molecule has 1 N–H and O–H groups in total. The standard InChI is InChI=1S/C23H25N5O2S/c1-27-13-16-14-28(15-18(19(16)26-27)20(29)25-22-24-11-12-31-22)21(30)23(9-5-6-10-23)17-7-3-2-4-8-17/h2-4,7-8,11-13,18H,5-6,9-10,14-15H2,1H3,(H,24,25,29). The van der Waals surface area contributed by atoms with E-state index in [4.69, 9.17) is 0 Å². The highest BCUT2D eigenvalue weighted by atomic mass is 32.1. The molecule has 1 aromatic carbocycles. The molecule has 7 nitrogen and oxygen atoms in total. The number of aryl methyl sites for hydroxylation is 1. The molecular weight excluding hydrogens is 410 g/mol. The lowest BCUT2D eigenvalue weighted by molar-refractivity contribution is -0.139. The maximum absolute atomic E-state index is 14.0. The van der Waals surface area contributed by atoms with Crippen LogP contribution in [0.15, 0.2) is 48.1 Å². The molecule has 2 aliphatic rings. The Kier molecular flexibility index (Phi) is 5.09. The van der Waals surface area contributed by atoms with Crippen molar-refractivity contribution in [1.82, 2.24) is 19.7 Å². The molecule has 0 saturated heterocycles. The minimum Gasteiger partial charge on any atom is -0.336 e. The number of hydrogen-bond acceptors (Lipinski definition) is 5. The van der Waals surface area contributed by atoms with Crippen LogP contribution in [-0.4, -0.2) is 38.0 Å². The first-order valence-electron chi connectivity index (χ1n) is 10.6. The smallest absolute Gasteiger partial charge is 0.237 e. The summed E-state index contributed by atoms with van der Waals surface area (Å²) in [6.07, 6.45) is 7.36. The van der Waals surface area contributed by atoms with Crippen molar-refractivity contribution in [1.29, 1.82) is 0 Å². The molecule has 1 fully saturated rings. The fourth-order valence-corrected chi connectivity index (χ4v) is 5.58. The Morgan fingerprint density at radius 3 is 2.68 bits per heavy atom. The Balaban J connectivity index is 1.47. The molecule has 0 radical (unpaired) electrons. The van der Waals surface area contributed by atoms with Gasteiger partial charge in [0.15, 0.2) is 5.13 Å². The first-order valence-corrected chi connectivity index (χ1v) is 11.5. The van der Waals surface area contributed by atoms with E-state index in [1.807, 2.05) is 41.7 Å². The average Bonchev–Trinajstić information content (AvgIpc) is 3.54. The zero-order valence-corrected chi connectivity index (χ0v) is 18.3. The Bertz CT molecular complexity index is 1090. The molecule has 8 heteroatoms. The highest BCUT2D eigenvalue weighted by Gasteiger charge is 2.47. The van der Waals surface area contributed by atoms with Crippen molar-refractivity contribution in [3.8, 4) is 0 Å². The molecule has 1 saturated carbocycles. The fraction of sp³-hybridized carbons (Fsp3) is 0.391. The van der Waals surface area contributed by atoms with Gasteiger partial charge in [-0.2, -0.15) is 5.10 Å². The van der Waals surface area contributed by atoms with E-state index < -0.39 is 11.3 Å². The molecule has 160 valence electrons. The summed E-state index contributed by atoms with van der Waals surface area (Å²) in [7, 11) is 1.85. The number of nitrogens with one attached hydrogen (secondary N) is 1. The van der Waals surface area contributed by atoms with Crippen molar-refractivity contribution in [2.45, 2.75) is 43.6 Å². The van der Waals surface area contributed by atoms with Gasteiger partial charge in [0.2, 0.25) is 11.8 Å². The molecule has 3 aromatic rings. The lowest BCUT2D eigenvalue weighted by atomic mass is 9.77. The summed E-state index contributed by atoms with van der Waals surface area (Å²) in [4.78, 5) is 33.2. The molecule has 1 aliphatic heterocycles. The first-order chi connectivity index (χ1) is 15.1. The van der Waals surface area contributed by atoms with Crippen LogP contribution in [0.3, 0.4) is 0 Å². The zero-order valence-electron chi connectivity index (χ0n) is 17.5. The summed E-state index contributed by atoms with van der Waals surface area (Å²) in [6.45, 7) is 0.812. The highest BCUT2D eigenvalue weighted by Crippen LogP contribution is 2.44. The van der Waals surface area contributed by atoms with Crippen LogP contribution in [0.5, 0.6) is 0 Å². The average molecular weight is 436 g/mol. The Morgan fingerprint density at radius 1 is 1.19 bits per heavy atom. The van der Waals surface area contributed by atoms with Crippen LogP contribution in [-0.2, 0) is 28.6 Å². The lowest BCUT2D eigenvalue weighted by Crippen LogP contribution is -2.49. The van der Waals surface area contributed by atoms with Gasteiger partial charge in [0, 0.05) is 43.5 Å². The van der Waals surface area contributed by atoms with E-state index in [1.165, 1.54) is 11.3 Å². The molecular formula is C23H25N5O2S. The van der Waals surface area contributed by atoms with Crippen LogP contribution >= 0.6 is 11.3 Å². The number of benzene rings is 1. The van der Waals surface area contributed by atoms with Crippen LogP contribution in [0, 0.1) is 0 Å². The van der Waals surface area contributed by atoms with Gasteiger partial charge in [-0.3, -0.25) is 14.3 Å². The quantitative estimate of drug-likeness (QED) is 0.681. The van der Waals surface area contributed by atoms with Gasteiger partial charge in [0.1, 0.15) is 5.92 Å². The summed E-state index contributed by atoms with van der Waals surface area (Å²) in [5.41, 5.74) is 2.26. The number of carbonyl (C=O) groups excluding carboxylic acids is 2. The van der Waals surface area contributed by atoms with Gasteiger partial charge in [-0.15, -0.1) is 11.3 Å². The van der Waals surface area contributed by atoms with Crippen LogP contribution < -0.4 is 5.32 Å². The third kappa shape index (κ3) is 3.54. The largest absolute Gasteiger partial charge is 0.336 e. The summed E-state index contributed by atoms with van der Waals surface area (Å²) in [6, 6.07) is 10.1. The van der Waals surface area contributed by atoms with Crippen molar-refractivity contribution in [2.75, 3.05) is 11.9 Å². The minimum absolute atomic E-state index is 0.123. The molecule has 5 rings (SSSR count). The zero-order chi connectivity index (χ0) is 21.4. The number of aromatic nitrogens is 3. The lowest BCUT2D eigenvalue weighted by Gasteiger charge is -2.38. The number of fused-ring (bicyclic) bond motifs is 1. The van der Waals surface area contributed by atoms with Gasteiger partial charge in [0.05, 0.1) is 11.1 Å². The Labute approximate surface area is 185 Å². The molecule has 1 aliphatic carbocycles. The summed E-state index contributed by atoms with van der Waals surface area (Å²) < 4.78 is 1.73. The second-order valence-electron chi connectivity index (χ2n) is 8.43. The van der Waals surface area contributed by atoms with E-state index in [0.29, 0.717) is 18.2 Å². The third-order valence-corrected chi connectivity index (χ3v) is 7.18. The highest BCUT2D eigenvalue weighted by molar-refractivity contribution is 7.13. The molecule has 3 heterocycles. The third-order valence-electron chi connectivity index (χ3n) is 6.49. The number of anilines is 1. The van der Waals surface area contributed by atoms with E-state index in [0.717, 1.165) is 42.5 Å². The van der Waals surface area contributed by atoms with Gasteiger partial charge in [0.25, 0.3) is 0 Å². The second kappa shape index (κ2) is 7.92. The van der Waals surface area contributed by atoms with Crippen LogP contribution in [0.25, 0.3) is 0 Å². The van der Waals surface area contributed by atoms with Crippen LogP contribution in [0.2, 0.25) is 0 Å². The molecule has 0 spiro atoms. The van der Waals surface area contributed by atoms with Gasteiger partial charge >= 0.3 is 0 Å². The molecule has 2 aromatic heterocycles. The van der Waals surface area contributed by atoms with E-state index in [1.54, 1.807) is 10.9 Å². The maximum atomic E-state index is 14.0. The number of amides is 2. The van der Waals surface area contributed by atoms with Crippen molar-refractivity contribution in [3.05, 3.63) is 64.9 Å². The van der Waals surface area contributed by atoms with Crippen molar-refractivity contribution >= 4 is 28.3 Å². The summed E-state index contributed by atoms with van der Waals surface area (Å²) >= 11 is 1.38. The van der Waals surface area contributed by atoms with Gasteiger partial charge in [-0.25, -0.2) is 4.98 Å². The van der Waals surface area contributed by atoms with E-state index in [2.05, 4.69) is 27.5 Å². The molecule has 1 unspecified atom stereocenters. The summed E-state index contributed by atoms with van der Waals surface area (Å²) in [5, 5.41) is 9.82. The second-order valence-corrected chi connectivity index (χ2v) is 9.33. The Hall–Kier alpha value is -3.00. The number of hydrogen-bond donors (Lipinski definition) is 1. The molecule has 31 heavy (non-hydrogen) atoms. The summed E-state index contributed by atoms with van der Waals surface area (Å²) in [5.74, 6) is -0.572. The van der Waals surface area contributed by atoms with Crippen LogP contribution in [0.1, 0.15) is 48.4 Å². The van der Waals surface area contributed by atoms with Crippen molar-refractivity contribution < 1.29 is 9.59 Å². The van der Waals surface area contributed by atoms with Crippen LogP contribution in [0.4, 0.5) is 5.13 Å².